The average molecular weight is 451 g/mol. The van der Waals surface area contributed by atoms with Crippen LogP contribution in [0.2, 0.25) is 0 Å². The van der Waals surface area contributed by atoms with E-state index in [2.05, 4.69) is 27.7 Å². The second kappa shape index (κ2) is 27.2. The van der Waals surface area contributed by atoms with Crippen LogP contribution in [0.4, 0.5) is 0 Å². The van der Waals surface area contributed by atoms with E-state index < -0.39 is 0 Å². The zero-order valence-corrected chi connectivity index (χ0v) is 23.5. The van der Waals surface area contributed by atoms with Crippen LogP contribution in [0.25, 0.3) is 0 Å². The molecule has 194 valence electrons. The molecule has 0 aliphatic rings. The Morgan fingerprint density at radius 3 is 0.812 bits per heavy atom. The second-order valence-corrected chi connectivity index (χ2v) is 11.3. The van der Waals surface area contributed by atoms with Gasteiger partial charge < -0.3 is 0 Å². The van der Waals surface area contributed by atoms with Crippen LogP contribution in [0.5, 0.6) is 0 Å². The summed E-state index contributed by atoms with van der Waals surface area (Å²) >= 11 is 0. The summed E-state index contributed by atoms with van der Waals surface area (Å²) in [6.07, 6.45) is 38.3. The summed E-state index contributed by atoms with van der Waals surface area (Å²) in [5.74, 6) is 1.85. The largest absolute Gasteiger partial charge is 0.0654 e. The predicted molar refractivity (Wildman–Crippen MR) is 150 cm³/mol. The fraction of sp³-hybridized carbons (Fsp3) is 1.00. The van der Waals surface area contributed by atoms with Crippen LogP contribution in [0.1, 0.15) is 195 Å². The van der Waals surface area contributed by atoms with E-state index in [-0.39, 0.29) is 0 Å². The monoisotopic (exact) mass is 451 g/mol. The van der Waals surface area contributed by atoms with Crippen LogP contribution in [0, 0.1) is 11.8 Å². The zero-order valence-electron chi connectivity index (χ0n) is 23.5. The molecule has 0 saturated heterocycles. The van der Waals surface area contributed by atoms with Gasteiger partial charge in [0, 0.05) is 0 Å². The van der Waals surface area contributed by atoms with Crippen molar-refractivity contribution in [2.45, 2.75) is 195 Å². The minimum Gasteiger partial charge on any atom is -0.0654 e. The minimum absolute atomic E-state index is 0.916. The molecule has 0 heteroatoms. The van der Waals surface area contributed by atoms with Crippen LogP contribution in [0.15, 0.2) is 0 Å². The van der Waals surface area contributed by atoms with Crippen molar-refractivity contribution in [1.29, 1.82) is 0 Å². The Hall–Kier alpha value is 0. The van der Waals surface area contributed by atoms with Gasteiger partial charge in [-0.15, -0.1) is 0 Å². The van der Waals surface area contributed by atoms with Gasteiger partial charge in [0.1, 0.15) is 0 Å². The number of hydrogen-bond acceptors (Lipinski definition) is 0. The van der Waals surface area contributed by atoms with Crippen molar-refractivity contribution in [2.24, 2.45) is 11.8 Å². The maximum absolute atomic E-state index is 2.45. The van der Waals surface area contributed by atoms with Crippen molar-refractivity contribution in [3.8, 4) is 0 Å². The molecule has 0 saturated carbocycles. The zero-order chi connectivity index (χ0) is 23.5. The van der Waals surface area contributed by atoms with Crippen LogP contribution in [-0.4, -0.2) is 0 Å². The van der Waals surface area contributed by atoms with Crippen molar-refractivity contribution in [3.05, 3.63) is 0 Å². The normalized spacial score (nSPS) is 13.5. The predicted octanol–water partition coefficient (Wildman–Crippen LogP) is 12.4. The van der Waals surface area contributed by atoms with E-state index in [1.54, 1.807) is 0 Å². The van der Waals surface area contributed by atoms with E-state index in [0.717, 1.165) is 11.8 Å². The summed E-state index contributed by atoms with van der Waals surface area (Å²) in [5, 5.41) is 0. The maximum atomic E-state index is 2.45. The lowest BCUT2D eigenvalue weighted by Gasteiger charge is -2.17. The lowest BCUT2D eigenvalue weighted by molar-refractivity contribution is 0.342. The molecule has 0 fully saturated rings. The molecule has 2 unspecified atom stereocenters. The summed E-state index contributed by atoms with van der Waals surface area (Å²) in [6.45, 7) is 9.51. The van der Waals surface area contributed by atoms with Crippen molar-refractivity contribution in [2.75, 3.05) is 0 Å². The molecule has 0 radical (unpaired) electrons. The van der Waals surface area contributed by atoms with E-state index in [4.69, 9.17) is 0 Å². The molecule has 0 N–H and O–H groups in total. The van der Waals surface area contributed by atoms with Crippen LogP contribution in [0.3, 0.4) is 0 Å². The van der Waals surface area contributed by atoms with Crippen LogP contribution in [-0.2, 0) is 0 Å². The molecule has 0 heterocycles. The Kier molecular flexibility index (Phi) is 27.2. The van der Waals surface area contributed by atoms with E-state index in [9.17, 15) is 0 Å². The highest BCUT2D eigenvalue weighted by Crippen LogP contribution is 2.21. The van der Waals surface area contributed by atoms with E-state index in [1.807, 2.05) is 0 Å². The molecule has 0 nitrogen and oxygen atoms in total. The quantitative estimate of drug-likeness (QED) is 0.109. The van der Waals surface area contributed by atoms with Gasteiger partial charge in [-0.2, -0.15) is 0 Å². The molecule has 32 heavy (non-hydrogen) atoms. The SMILES string of the molecule is CCCCCCCCCCCCCCCCCCCCCCCCCCC(C)C(C)CC. The Morgan fingerprint density at radius 1 is 0.312 bits per heavy atom. The first-order valence-corrected chi connectivity index (χ1v) is 15.7. The van der Waals surface area contributed by atoms with Gasteiger partial charge in [0.05, 0.1) is 0 Å². The summed E-state index contributed by atoms with van der Waals surface area (Å²) in [5.41, 5.74) is 0. The van der Waals surface area contributed by atoms with Crippen molar-refractivity contribution < 1.29 is 0 Å². The molecular weight excluding hydrogens is 384 g/mol. The summed E-state index contributed by atoms with van der Waals surface area (Å²) in [4.78, 5) is 0. The Balaban J connectivity index is 3.07. The first kappa shape index (κ1) is 32.0. The molecule has 0 bridgehead atoms. The fourth-order valence-corrected chi connectivity index (χ4v) is 5.12. The molecule has 0 aliphatic heterocycles. The lowest BCUT2D eigenvalue weighted by atomic mass is 9.89. The summed E-state index contributed by atoms with van der Waals surface area (Å²) in [6, 6.07) is 0. The molecule has 0 aromatic heterocycles. The van der Waals surface area contributed by atoms with Gasteiger partial charge >= 0.3 is 0 Å². The van der Waals surface area contributed by atoms with Gasteiger partial charge in [-0.25, -0.2) is 0 Å². The third-order valence-corrected chi connectivity index (χ3v) is 8.13. The molecular formula is C32H66. The molecule has 0 aromatic carbocycles. The van der Waals surface area contributed by atoms with Gasteiger partial charge in [0.25, 0.3) is 0 Å². The molecule has 0 rings (SSSR count). The molecule has 2 atom stereocenters. The summed E-state index contributed by atoms with van der Waals surface area (Å²) in [7, 11) is 0. The van der Waals surface area contributed by atoms with Crippen LogP contribution >= 0.6 is 0 Å². The minimum atomic E-state index is 0.916. The van der Waals surface area contributed by atoms with Crippen molar-refractivity contribution in [1.82, 2.24) is 0 Å². The van der Waals surface area contributed by atoms with E-state index >= 15 is 0 Å². The van der Waals surface area contributed by atoms with Crippen molar-refractivity contribution >= 4 is 0 Å². The molecule has 0 aromatic rings. The molecule has 0 aliphatic carbocycles. The highest BCUT2D eigenvalue weighted by atomic mass is 14.1. The smallest absolute Gasteiger partial charge is 0.0417 e. The first-order chi connectivity index (χ1) is 15.7. The van der Waals surface area contributed by atoms with Crippen molar-refractivity contribution in [3.63, 3.8) is 0 Å². The van der Waals surface area contributed by atoms with Gasteiger partial charge in [0.15, 0.2) is 0 Å². The summed E-state index contributed by atoms with van der Waals surface area (Å²) < 4.78 is 0. The fourth-order valence-electron chi connectivity index (χ4n) is 5.12. The Bertz CT molecular complexity index is 320. The first-order valence-electron chi connectivity index (χ1n) is 15.7. The van der Waals surface area contributed by atoms with Gasteiger partial charge in [-0.1, -0.05) is 195 Å². The standard InChI is InChI=1S/C32H66/c1-5-7-8-9-10-11-12-13-14-15-16-17-18-19-20-21-22-23-24-25-26-27-28-29-30-32(4)31(3)6-2/h31-32H,5-30H2,1-4H3. The highest BCUT2D eigenvalue weighted by molar-refractivity contribution is 4.60. The number of hydrogen-bond donors (Lipinski definition) is 0. The van der Waals surface area contributed by atoms with Gasteiger partial charge in [-0.3, -0.25) is 0 Å². The second-order valence-electron chi connectivity index (χ2n) is 11.3. The van der Waals surface area contributed by atoms with E-state index in [1.165, 1.54) is 167 Å². The third kappa shape index (κ3) is 24.6. The maximum Gasteiger partial charge on any atom is -0.0417 e. The molecule has 0 amide bonds. The highest BCUT2D eigenvalue weighted by Gasteiger charge is 2.09. The topological polar surface area (TPSA) is 0 Å². The number of unbranched alkanes of at least 4 members (excludes halogenated alkanes) is 23. The van der Waals surface area contributed by atoms with Gasteiger partial charge in [0.2, 0.25) is 0 Å². The van der Waals surface area contributed by atoms with E-state index in [0.29, 0.717) is 0 Å². The third-order valence-electron chi connectivity index (χ3n) is 8.13. The molecule has 0 spiro atoms. The lowest BCUT2D eigenvalue weighted by Crippen LogP contribution is -2.06. The Labute approximate surface area is 206 Å². The number of rotatable bonds is 27. The average Bonchev–Trinajstić information content (AvgIpc) is 2.81. The van der Waals surface area contributed by atoms with Crippen LogP contribution < -0.4 is 0 Å². The van der Waals surface area contributed by atoms with Gasteiger partial charge in [-0.05, 0) is 11.8 Å². The Morgan fingerprint density at radius 2 is 0.562 bits per heavy atom.